The minimum absolute atomic E-state index is 0.00990. The van der Waals surface area contributed by atoms with Gasteiger partial charge < -0.3 is 15.4 Å². The zero-order chi connectivity index (χ0) is 14.4. The Kier molecular flexibility index (Phi) is 6.01. The number of carbonyl (C=O) groups is 1. The fourth-order valence-corrected chi connectivity index (χ4v) is 3.44. The quantitative estimate of drug-likeness (QED) is 0.842. The molecule has 4 nitrogen and oxygen atoms in total. The molecule has 0 aliphatic carbocycles. The van der Waals surface area contributed by atoms with Crippen molar-refractivity contribution in [3.05, 3.63) is 21.9 Å². The van der Waals surface area contributed by atoms with Crippen LogP contribution in [0.1, 0.15) is 29.5 Å². The van der Waals surface area contributed by atoms with Gasteiger partial charge in [0.2, 0.25) is 5.91 Å². The molecule has 1 atom stereocenters. The molecule has 1 aliphatic rings. The van der Waals surface area contributed by atoms with Crippen molar-refractivity contribution in [1.82, 2.24) is 10.6 Å². The third-order valence-corrected chi connectivity index (χ3v) is 4.47. The molecular formula is C15H24N2O2S. The number of hydrogen-bond donors (Lipinski definition) is 2. The highest BCUT2D eigenvalue weighted by atomic mass is 32.1. The van der Waals surface area contributed by atoms with Crippen molar-refractivity contribution < 1.29 is 9.53 Å². The van der Waals surface area contributed by atoms with Gasteiger partial charge in [-0.2, -0.15) is 0 Å². The molecule has 20 heavy (non-hydrogen) atoms. The fraction of sp³-hybridized carbons (Fsp3) is 0.667. The van der Waals surface area contributed by atoms with Crippen molar-refractivity contribution >= 4 is 17.2 Å². The van der Waals surface area contributed by atoms with Gasteiger partial charge in [-0.15, -0.1) is 11.3 Å². The minimum atomic E-state index is -0.00990. The summed E-state index contributed by atoms with van der Waals surface area (Å²) < 4.78 is 5.65. The summed E-state index contributed by atoms with van der Waals surface area (Å²) in [4.78, 5) is 14.5. The Morgan fingerprint density at radius 1 is 1.50 bits per heavy atom. The van der Waals surface area contributed by atoms with Crippen molar-refractivity contribution in [3.63, 3.8) is 0 Å². The monoisotopic (exact) mass is 296 g/mol. The van der Waals surface area contributed by atoms with Crippen LogP contribution in [0.5, 0.6) is 0 Å². The number of nitrogens with one attached hydrogen (secondary N) is 2. The van der Waals surface area contributed by atoms with Crippen molar-refractivity contribution in [2.45, 2.75) is 45.3 Å². The lowest BCUT2D eigenvalue weighted by molar-refractivity contribution is -0.128. The van der Waals surface area contributed by atoms with E-state index in [9.17, 15) is 4.79 Å². The SMILES string of the molecule is Cc1ccc(CC(C)NC(=O)COC2CCNCC2)s1. The van der Waals surface area contributed by atoms with Crippen LogP contribution in [-0.4, -0.2) is 37.7 Å². The number of rotatable bonds is 6. The van der Waals surface area contributed by atoms with E-state index in [1.54, 1.807) is 11.3 Å². The zero-order valence-electron chi connectivity index (χ0n) is 12.3. The van der Waals surface area contributed by atoms with Crippen LogP contribution in [-0.2, 0) is 16.0 Å². The number of carbonyl (C=O) groups excluding carboxylic acids is 1. The highest BCUT2D eigenvalue weighted by molar-refractivity contribution is 7.11. The molecule has 0 radical (unpaired) electrons. The second-order valence-electron chi connectivity index (χ2n) is 5.45. The Morgan fingerprint density at radius 3 is 2.90 bits per heavy atom. The molecule has 2 rings (SSSR count). The highest BCUT2D eigenvalue weighted by Crippen LogP contribution is 2.16. The molecular weight excluding hydrogens is 272 g/mol. The average Bonchev–Trinajstić information content (AvgIpc) is 2.83. The van der Waals surface area contributed by atoms with Crippen molar-refractivity contribution in [2.24, 2.45) is 0 Å². The van der Waals surface area contributed by atoms with Crippen molar-refractivity contribution in [2.75, 3.05) is 19.7 Å². The van der Waals surface area contributed by atoms with Crippen LogP contribution in [0.25, 0.3) is 0 Å². The fourth-order valence-electron chi connectivity index (χ4n) is 2.42. The predicted octanol–water partition coefficient (Wildman–Crippen LogP) is 1.87. The minimum Gasteiger partial charge on any atom is -0.368 e. The molecule has 1 aromatic heterocycles. The number of hydrogen-bond acceptors (Lipinski definition) is 4. The van der Waals surface area contributed by atoms with Gasteiger partial charge in [-0.3, -0.25) is 4.79 Å². The van der Waals surface area contributed by atoms with Gasteiger partial charge in [0, 0.05) is 22.2 Å². The van der Waals surface area contributed by atoms with Crippen LogP contribution in [0.3, 0.4) is 0 Å². The van der Waals surface area contributed by atoms with Gasteiger partial charge in [0.05, 0.1) is 6.10 Å². The lowest BCUT2D eigenvalue weighted by Gasteiger charge is -2.23. The summed E-state index contributed by atoms with van der Waals surface area (Å²) in [5.74, 6) is -0.00990. The summed E-state index contributed by atoms with van der Waals surface area (Å²) in [7, 11) is 0. The van der Waals surface area contributed by atoms with Gasteiger partial charge in [-0.1, -0.05) is 0 Å². The van der Waals surface area contributed by atoms with E-state index < -0.39 is 0 Å². The van der Waals surface area contributed by atoms with E-state index in [2.05, 4.69) is 29.7 Å². The summed E-state index contributed by atoms with van der Waals surface area (Å²) in [6.45, 7) is 6.29. The van der Waals surface area contributed by atoms with Crippen LogP contribution in [0.2, 0.25) is 0 Å². The van der Waals surface area contributed by atoms with Crippen LogP contribution in [0.4, 0.5) is 0 Å². The maximum absolute atomic E-state index is 11.8. The molecule has 5 heteroatoms. The topological polar surface area (TPSA) is 50.4 Å². The number of aryl methyl sites for hydroxylation is 1. The number of amides is 1. The molecule has 0 spiro atoms. The molecule has 2 N–H and O–H groups in total. The summed E-state index contributed by atoms with van der Waals surface area (Å²) in [6, 6.07) is 4.40. The molecule has 0 saturated carbocycles. The Labute approximate surface area is 124 Å². The van der Waals surface area contributed by atoms with Crippen molar-refractivity contribution in [1.29, 1.82) is 0 Å². The molecule has 0 aromatic carbocycles. The standard InChI is InChI=1S/C15H24N2O2S/c1-11(9-14-4-3-12(2)20-14)17-15(18)10-19-13-5-7-16-8-6-13/h3-4,11,13,16H,5-10H2,1-2H3,(H,17,18). The van der Waals surface area contributed by atoms with Gasteiger partial charge in [-0.25, -0.2) is 0 Å². The van der Waals surface area contributed by atoms with E-state index in [0.717, 1.165) is 32.4 Å². The van der Waals surface area contributed by atoms with Gasteiger partial charge in [-0.05, 0) is 51.9 Å². The predicted molar refractivity (Wildman–Crippen MR) is 82.2 cm³/mol. The van der Waals surface area contributed by atoms with Gasteiger partial charge >= 0.3 is 0 Å². The first kappa shape index (κ1) is 15.5. The molecule has 0 bridgehead atoms. The third kappa shape index (κ3) is 5.23. The molecule has 1 fully saturated rings. The molecule has 1 aliphatic heterocycles. The molecule has 1 saturated heterocycles. The first-order chi connectivity index (χ1) is 9.63. The van der Waals surface area contributed by atoms with Gasteiger partial charge in [0.25, 0.3) is 0 Å². The molecule has 2 heterocycles. The highest BCUT2D eigenvalue weighted by Gasteiger charge is 2.15. The van der Waals surface area contributed by atoms with E-state index in [-0.39, 0.29) is 24.7 Å². The van der Waals surface area contributed by atoms with E-state index in [1.165, 1.54) is 9.75 Å². The van der Waals surface area contributed by atoms with Gasteiger partial charge in [0.1, 0.15) is 6.61 Å². The Hall–Kier alpha value is -0.910. The lowest BCUT2D eigenvalue weighted by atomic mass is 10.1. The average molecular weight is 296 g/mol. The lowest BCUT2D eigenvalue weighted by Crippen LogP contribution is -2.39. The van der Waals surface area contributed by atoms with Crippen LogP contribution >= 0.6 is 11.3 Å². The Bertz CT molecular complexity index is 427. The number of ether oxygens (including phenoxy) is 1. The number of thiophene rings is 1. The maximum atomic E-state index is 11.8. The zero-order valence-corrected chi connectivity index (χ0v) is 13.1. The summed E-state index contributed by atoms with van der Waals surface area (Å²) in [5, 5.41) is 6.29. The van der Waals surface area contributed by atoms with E-state index >= 15 is 0 Å². The van der Waals surface area contributed by atoms with Crippen molar-refractivity contribution in [3.8, 4) is 0 Å². The van der Waals surface area contributed by atoms with Crippen LogP contribution in [0.15, 0.2) is 12.1 Å². The van der Waals surface area contributed by atoms with Crippen LogP contribution < -0.4 is 10.6 Å². The normalized spacial score (nSPS) is 17.9. The Balaban J connectivity index is 1.65. The smallest absolute Gasteiger partial charge is 0.246 e. The van der Waals surface area contributed by atoms with E-state index in [1.807, 2.05) is 6.92 Å². The van der Waals surface area contributed by atoms with E-state index in [4.69, 9.17) is 4.74 Å². The Morgan fingerprint density at radius 2 is 2.25 bits per heavy atom. The first-order valence-electron chi connectivity index (χ1n) is 7.30. The molecule has 1 unspecified atom stereocenters. The summed E-state index contributed by atoms with van der Waals surface area (Å²) in [6.07, 6.45) is 3.11. The molecule has 1 aromatic rings. The van der Waals surface area contributed by atoms with E-state index in [0.29, 0.717) is 0 Å². The van der Waals surface area contributed by atoms with Gasteiger partial charge in [0.15, 0.2) is 0 Å². The maximum Gasteiger partial charge on any atom is 0.246 e. The second-order valence-corrected chi connectivity index (χ2v) is 6.82. The number of piperidine rings is 1. The summed E-state index contributed by atoms with van der Waals surface area (Å²) >= 11 is 1.79. The van der Waals surface area contributed by atoms with Crippen LogP contribution in [0, 0.1) is 6.92 Å². The summed E-state index contributed by atoms with van der Waals surface area (Å²) in [5.41, 5.74) is 0. The first-order valence-corrected chi connectivity index (χ1v) is 8.12. The molecule has 1 amide bonds. The third-order valence-electron chi connectivity index (χ3n) is 3.45. The largest absolute Gasteiger partial charge is 0.368 e. The second kappa shape index (κ2) is 7.76. The molecule has 112 valence electrons.